The molecule has 0 saturated heterocycles. The minimum absolute atomic E-state index is 0.00145. The van der Waals surface area contributed by atoms with Gasteiger partial charge in [-0.05, 0) is 46.5 Å². The molecule has 0 amide bonds. The van der Waals surface area contributed by atoms with Gasteiger partial charge in [-0.25, -0.2) is 0 Å². The Bertz CT molecular complexity index is 443. The maximum atomic E-state index is 5.55. The van der Waals surface area contributed by atoms with E-state index in [-0.39, 0.29) is 11.6 Å². The molecule has 2 rings (SSSR count). The number of hydrogen-bond acceptors (Lipinski definition) is 6. The number of rotatable bonds is 6. The van der Waals surface area contributed by atoms with Crippen molar-refractivity contribution in [3.63, 3.8) is 0 Å². The zero-order valence-electron chi connectivity index (χ0n) is 12.3. The van der Waals surface area contributed by atoms with E-state index in [4.69, 9.17) is 4.74 Å². The van der Waals surface area contributed by atoms with Crippen LogP contribution in [0.15, 0.2) is 0 Å². The molecule has 6 nitrogen and oxygen atoms in total. The molecule has 106 valence electrons. The molecule has 1 heterocycles. The van der Waals surface area contributed by atoms with Gasteiger partial charge in [0.1, 0.15) is 0 Å². The van der Waals surface area contributed by atoms with Crippen molar-refractivity contribution in [2.24, 2.45) is 5.92 Å². The highest BCUT2D eigenvalue weighted by molar-refractivity contribution is 5.38. The summed E-state index contributed by atoms with van der Waals surface area (Å²) in [5.41, 5.74) is 0.00145. The molecule has 0 bridgehead atoms. The molecule has 2 N–H and O–H groups in total. The van der Waals surface area contributed by atoms with E-state index in [1.54, 1.807) is 7.05 Å². The molecule has 6 heteroatoms. The summed E-state index contributed by atoms with van der Waals surface area (Å²) in [6, 6.07) is 0.350. The minimum atomic E-state index is 0.00145. The monoisotopic (exact) mass is 265 g/mol. The van der Waals surface area contributed by atoms with Gasteiger partial charge in [0.15, 0.2) is 0 Å². The second-order valence-corrected chi connectivity index (χ2v) is 5.80. The van der Waals surface area contributed by atoms with Crippen LogP contribution >= 0.6 is 0 Å². The number of aromatic nitrogens is 3. The zero-order chi connectivity index (χ0) is 14.0. The van der Waals surface area contributed by atoms with E-state index in [1.165, 1.54) is 12.8 Å². The lowest BCUT2D eigenvalue weighted by molar-refractivity contribution is 0.222. The van der Waals surface area contributed by atoms with E-state index < -0.39 is 0 Å². The number of anilines is 2. The van der Waals surface area contributed by atoms with Crippen molar-refractivity contribution in [2.45, 2.75) is 52.2 Å². The van der Waals surface area contributed by atoms with E-state index in [0.29, 0.717) is 23.8 Å². The van der Waals surface area contributed by atoms with Gasteiger partial charge in [-0.1, -0.05) is 0 Å². The van der Waals surface area contributed by atoms with Crippen LogP contribution in [-0.2, 0) is 0 Å². The van der Waals surface area contributed by atoms with Crippen LogP contribution in [0.25, 0.3) is 0 Å². The van der Waals surface area contributed by atoms with Crippen LogP contribution in [0.4, 0.5) is 11.9 Å². The average Bonchev–Trinajstić information content (AvgIpc) is 3.10. The fourth-order valence-corrected chi connectivity index (χ4v) is 1.98. The van der Waals surface area contributed by atoms with Gasteiger partial charge in [-0.3, -0.25) is 0 Å². The summed E-state index contributed by atoms with van der Waals surface area (Å²) in [6.07, 6.45) is 2.56. The molecule has 1 aliphatic carbocycles. The Kier molecular flexibility index (Phi) is 3.78. The fraction of sp³-hybridized carbons (Fsp3) is 0.769. The van der Waals surface area contributed by atoms with Crippen LogP contribution < -0.4 is 15.4 Å². The molecule has 19 heavy (non-hydrogen) atoms. The third-order valence-electron chi connectivity index (χ3n) is 3.21. The first-order chi connectivity index (χ1) is 8.90. The Morgan fingerprint density at radius 3 is 2.32 bits per heavy atom. The summed E-state index contributed by atoms with van der Waals surface area (Å²) in [5, 5.41) is 6.32. The van der Waals surface area contributed by atoms with Crippen LogP contribution in [0.2, 0.25) is 0 Å². The molecule has 0 radical (unpaired) electrons. The summed E-state index contributed by atoms with van der Waals surface area (Å²) in [4.78, 5) is 12.8. The highest BCUT2D eigenvalue weighted by Gasteiger charge is 2.38. The first-order valence-corrected chi connectivity index (χ1v) is 6.79. The van der Waals surface area contributed by atoms with Gasteiger partial charge in [-0.15, -0.1) is 0 Å². The van der Waals surface area contributed by atoms with E-state index in [2.05, 4.69) is 39.4 Å². The lowest BCUT2D eigenvalue weighted by Gasteiger charge is -2.26. The third-order valence-corrected chi connectivity index (χ3v) is 3.21. The van der Waals surface area contributed by atoms with Crippen molar-refractivity contribution in [1.29, 1.82) is 0 Å². The highest BCUT2D eigenvalue weighted by atomic mass is 16.5. The standard InChI is InChI=1S/C13H23N5O/c1-8(2)19-12-16-10(14-5)15-11(17-12)18-13(3,4)9-6-7-9/h8-9H,6-7H2,1-5H3,(H2,14,15,16,17,18). The quantitative estimate of drug-likeness (QED) is 0.822. The normalized spacial score (nSPS) is 15.5. The maximum absolute atomic E-state index is 5.55. The van der Waals surface area contributed by atoms with E-state index in [1.807, 2.05) is 13.8 Å². The van der Waals surface area contributed by atoms with Gasteiger partial charge in [0, 0.05) is 12.6 Å². The largest absolute Gasteiger partial charge is 0.461 e. The number of nitrogens with one attached hydrogen (secondary N) is 2. The lowest BCUT2D eigenvalue weighted by atomic mass is 9.99. The van der Waals surface area contributed by atoms with Crippen molar-refractivity contribution in [2.75, 3.05) is 17.7 Å². The predicted octanol–water partition coefficient (Wildman–Crippen LogP) is 2.30. The molecule has 0 aliphatic heterocycles. The Hall–Kier alpha value is -1.59. The van der Waals surface area contributed by atoms with Gasteiger partial charge in [0.25, 0.3) is 0 Å². The summed E-state index contributed by atoms with van der Waals surface area (Å²) in [6.45, 7) is 8.25. The van der Waals surface area contributed by atoms with Crippen LogP contribution in [0.1, 0.15) is 40.5 Å². The molecule has 0 spiro atoms. The Labute approximate surface area is 114 Å². The SMILES string of the molecule is CNc1nc(NC(C)(C)C2CC2)nc(OC(C)C)n1. The predicted molar refractivity (Wildman–Crippen MR) is 75.6 cm³/mol. The zero-order valence-corrected chi connectivity index (χ0v) is 12.3. The average molecular weight is 265 g/mol. The Morgan fingerprint density at radius 2 is 1.79 bits per heavy atom. The number of ether oxygens (including phenoxy) is 1. The Morgan fingerprint density at radius 1 is 1.16 bits per heavy atom. The van der Waals surface area contributed by atoms with Crippen LogP contribution in [0.5, 0.6) is 6.01 Å². The smallest absolute Gasteiger partial charge is 0.323 e. The van der Waals surface area contributed by atoms with Gasteiger partial charge in [0.2, 0.25) is 11.9 Å². The minimum Gasteiger partial charge on any atom is -0.461 e. The summed E-state index contributed by atoms with van der Waals surface area (Å²) in [5.74, 6) is 1.77. The lowest BCUT2D eigenvalue weighted by Crippen LogP contribution is -2.34. The second kappa shape index (κ2) is 5.19. The molecule has 1 aliphatic rings. The highest BCUT2D eigenvalue weighted by Crippen LogP contribution is 2.40. The molecule has 0 unspecified atom stereocenters. The maximum Gasteiger partial charge on any atom is 0.323 e. The molecule has 0 aromatic carbocycles. The van der Waals surface area contributed by atoms with Crippen molar-refractivity contribution in [1.82, 2.24) is 15.0 Å². The molecule has 1 aromatic rings. The topological polar surface area (TPSA) is 72.0 Å². The van der Waals surface area contributed by atoms with Gasteiger partial charge in [0.05, 0.1) is 6.10 Å². The number of hydrogen-bond donors (Lipinski definition) is 2. The molecule has 1 aromatic heterocycles. The molecule has 1 saturated carbocycles. The van der Waals surface area contributed by atoms with Gasteiger partial charge in [-0.2, -0.15) is 15.0 Å². The molecule has 1 fully saturated rings. The van der Waals surface area contributed by atoms with Crippen LogP contribution in [0, 0.1) is 5.92 Å². The Balaban J connectivity index is 2.18. The van der Waals surface area contributed by atoms with Crippen molar-refractivity contribution in [3.8, 4) is 6.01 Å². The summed E-state index contributed by atoms with van der Waals surface area (Å²) < 4.78 is 5.55. The van der Waals surface area contributed by atoms with E-state index in [0.717, 1.165) is 0 Å². The first-order valence-electron chi connectivity index (χ1n) is 6.79. The summed E-state index contributed by atoms with van der Waals surface area (Å²) >= 11 is 0. The fourth-order valence-electron chi connectivity index (χ4n) is 1.98. The summed E-state index contributed by atoms with van der Waals surface area (Å²) in [7, 11) is 1.78. The van der Waals surface area contributed by atoms with Crippen LogP contribution in [0.3, 0.4) is 0 Å². The van der Waals surface area contributed by atoms with Crippen molar-refractivity contribution >= 4 is 11.9 Å². The number of nitrogens with zero attached hydrogens (tertiary/aromatic N) is 3. The van der Waals surface area contributed by atoms with Crippen molar-refractivity contribution in [3.05, 3.63) is 0 Å². The van der Waals surface area contributed by atoms with Gasteiger partial charge < -0.3 is 15.4 Å². The second-order valence-electron chi connectivity index (χ2n) is 5.80. The van der Waals surface area contributed by atoms with E-state index >= 15 is 0 Å². The first kappa shape index (κ1) is 13.8. The van der Waals surface area contributed by atoms with Gasteiger partial charge >= 0.3 is 6.01 Å². The molecular weight excluding hydrogens is 242 g/mol. The third kappa shape index (κ3) is 3.68. The molecule has 0 atom stereocenters. The van der Waals surface area contributed by atoms with Crippen LogP contribution in [-0.4, -0.2) is 33.6 Å². The van der Waals surface area contributed by atoms with Crippen molar-refractivity contribution < 1.29 is 4.74 Å². The van der Waals surface area contributed by atoms with E-state index in [9.17, 15) is 0 Å². The molecular formula is C13H23N5O.